The molecule has 7 aliphatic rings. The highest BCUT2D eigenvalue weighted by molar-refractivity contribution is 5.88. The minimum atomic E-state index is -0.847. The number of fused-ring (bicyclic) bond motifs is 2. The van der Waals surface area contributed by atoms with Crippen LogP contribution in [0.15, 0.2) is 0 Å². The average Bonchev–Trinajstić information content (AvgIpc) is 3.56. The number of hydrogen-bond donors (Lipinski definition) is 5. The molecule has 1 heterocycles. The Hall–Kier alpha value is -1.83. The van der Waals surface area contributed by atoms with E-state index in [1.165, 1.54) is 25.7 Å². The van der Waals surface area contributed by atoms with E-state index in [0.717, 1.165) is 57.8 Å². The number of hydroxylamine groups is 2. The van der Waals surface area contributed by atoms with Gasteiger partial charge in [0.2, 0.25) is 17.7 Å². The van der Waals surface area contributed by atoms with Crippen molar-refractivity contribution in [2.24, 2.45) is 58.7 Å². The molecule has 0 aromatic rings. The maximum atomic E-state index is 14.4. The number of methoxy groups -OCH3 is 1. The van der Waals surface area contributed by atoms with Crippen LogP contribution in [0.5, 0.6) is 0 Å². The van der Waals surface area contributed by atoms with E-state index in [9.17, 15) is 24.6 Å². The highest BCUT2D eigenvalue weighted by Gasteiger charge is 2.58. The topological polar surface area (TPSA) is 153 Å². The molecule has 6 aliphatic carbocycles. The van der Waals surface area contributed by atoms with E-state index >= 15 is 0 Å². The Morgan fingerprint density at radius 3 is 2.32 bits per heavy atom. The number of ether oxygens (including phenoxy) is 1. The quantitative estimate of drug-likeness (QED) is 0.175. The molecule has 12 nitrogen and oxygen atoms in total. The number of nitrogens with one attached hydrogen (secondary N) is 3. The maximum Gasteiger partial charge on any atom is 0.242 e. The zero-order chi connectivity index (χ0) is 40.5. The predicted molar refractivity (Wildman–Crippen MR) is 216 cm³/mol. The van der Waals surface area contributed by atoms with Crippen molar-refractivity contribution in [3.63, 3.8) is 0 Å². The van der Waals surface area contributed by atoms with Crippen LogP contribution >= 0.6 is 0 Å². The van der Waals surface area contributed by atoms with Gasteiger partial charge in [-0.2, -0.15) is 5.06 Å². The molecule has 0 aromatic carbocycles. The molecule has 3 amide bonds. The largest absolute Gasteiger partial charge is 0.394 e. The van der Waals surface area contributed by atoms with Crippen LogP contribution in [0.2, 0.25) is 0 Å². The van der Waals surface area contributed by atoms with Crippen LogP contribution in [0.4, 0.5) is 0 Å². The van der Waals surface area contributed by atoms with Crippen molar-refractivity contribution in [1.29, 1.82) is 0 Å². The Balaban J connectivity index is 1.16. The van der Waals surface area contributed by atoms with Crippen LogP contribution in [0.3, 0.4) is 0 Å². The monoisotopic (exact) mass is 788 g/mol. The van der Waals surface area contributed by atoms with Crippen molar-refractivity contribution in [1.82, 2.24) is 25.9 Å². The number of amides is 3. The Labute approximate surface area is 337 Å². The molecule has 1 saturated heterocycles. The maximum absolute atomic E-state index is 14.4. The molecule has 7 rings (SSSR count). The molecule has 7 fully saturated rings. The summed E-state index contributed by atoms with van der Waals surface area (Å²) in [4.78, 5) is 50.2. The lowest BCUT2D eigenvalue weighted by molar-refractivity contribution is -0.193. The van der Waals surface area contributed by atoms with E-state index in [4.69, 9.17) is 9.57 Å². The minimum absolute atomic E-state index is 0.0148. The van der Waals surface area contributed by atoms with Crippen LogP contribution in [-0.4, -0.2) is 122 Å². The van der Waals surface area contributed by atoms with Gasteiger partial charge in [0.25, 0.3) is 0 Å². The van der Waals surface area contributed by atoms with Gasteiger partial charge in [-0.3, -0.25) is 19.2 Å². The zero-order valence-electron chi connectivity index (χ0n) is 35.9. The molecule has 8 unspecified atom stereocenters. The first-order valence-electron chi connectivity index (χ1n) is 22.4. The fraction of sp³-hybridized carbons (Fsp3) is 0.932. The van der Waals surface area contributed by atoms with Crippen molar-refractivity contribution in [3.05, 3.63) is 0 Å². The van der Waals surface area contributed by atoms with Crippen molar-refractivity contribution in [3.8, 4) is 0 Å². The summed E-state index contributed by atoms with van der Waals surface area (Å²) in [5.41, 5.74) is 0.303. The molecule has 6 saturated carbocycles. The number of hydrogen-bond acceptors (Lipinski definition) is 9. The molecule has 0 radical (unpaired) electrons. The molecule has 0 spiro atoms. The molecule has 5 N–H and O–H groups in total. The molecule has 12 heteroatoms. The summed E-state index contributed by atoms with van der Waals surface area (Å²) in [6.07, 6.45) is 12.5. The van der Waals surface area contributed by atoms with E-state index in [0.29, 0.717) is 42.1 Å². The van der Waals surface area contributed by atoms with Gasteiger partial charge in [-0.05, 0) is 113 Å². The van der Waals surface area contributed by atoms with E-state index in [1.54, 1.807) is 26.1 Å². The third kappa shape index (κ3) is 9.15. The highest BCUT2D eigenvalue weighted by Crippen LogP contribution is 2.61. The molecule has 320 valence electrons. The van der Waals surface area contributed by atoms with Crippen LogP contribution < -0.4 is 16.0 Å². The first kappa shape index (κ1) is 43.7. The first-order valence-corrected chi connectivity index (χ1v) is 22.4. The molecule has 56 heavy (non-hydrogen) atoms. The molecular formula is C44H77N5O7. The van der Waals surface area contributed by atoms with Gasteiger partial charge in [0, 0.05) is 50.5 Å². The smallest absolute Gasteiger partial charge is 0.242 e. The summed E-state index contributed by atoms with van der Waals surface area (Å²) in [5.74, 6) is 1.49. The van der Waals surface area contributed by atoms with Gasteiger partial charge in [0.1, 0.15) is 18.2 Å². The van der Waals surface area contributed by atoms with E-state index in [2.05, 4.69) is 55.7 Å². The summed E-state index contributed by atoms with van der Waals surface area (Å²) < 4.78 is 6.41. The van der Waals surface area contributed by atoms with Gasteiger partial charge in [0.15, 0.2) is 0 Å². The van der Waals surface area contributed by atoms with Crippen LogP contribution in [0, 0.1) is 58.7 Å². The number of aliphatic hydroxyl groups excluding tert-OH is 2. The van der Waals surface area contributed by atoms with E-state index in [1.807, 2.05) is 0 Å². The Kier molecular flexibility index (Phi) is 14.5. The van der Waals surface area contributed by atoms with Crippen molar-refractivity contribution in [2.75, 3.05) is 41.4 Å². The van der Waals surface area contributed by atoms with Crippen molar-refractivity contribution < 1.29 is 34.2 Å². The summed E-state index contributed by atoms with van der Waals surface area (Å²) >= 11 is 0. The Bertz CT molecular complexity index is 1340. The number of likely N-dealkylation sites (N-methyl/N-ethyl adjacent to an activating group) is 1. The third-order valence-electron chi connectivity index (χ3n) is 16.3. The highest BCUT2D eigenvalue weighted by atomic mass is 16.7. The SMILES string of the molecule is CNC(=O)C(CC1CCCCC1)NC(=O)C1CC(C2CCCC(CN3O[C@@H](CO)[C@@H]([C@H](C)O)[C@H]3C(=O)N[C@H]3CC4C[C@@H]([C@@H]3C)C4(C)C)C2OC)CC(N(C)C)C1. The number of rotatable bonds is 14. The lowest BCUT2D eigenvalue weighted by Crippen LogP contribution is -2.62. The number of carbonyl (C=O) groups excluding carboxylic acids is 3. The van der Waals surface area contributed by atoms with Gasteiger partial charge in [-0.1, -0.05) is 59.3 Å². The first-order chi connectivity index (χ1) is 26.7. The van der Waals surface area contributed by atoms with Gasteiger partial charge in [-0.15, -0.1) is 0 Å². The second kappa shape index (κ2) is 18.6. The second-order valence-electron chi connectivity index (χ2n) is 20.0. The van der Waals surface area contributed by atoms with Crippen molar-refractivity contribution >= 4 is 17.7 Å². The zero-order valence-corrected chi connectivity index (χ0v) is 35.9. The lowest BCUT2D eigenvalue weighted by Gasteiger charge is -2.62. The molecule has 15 atom stereocenters. The predicted octanol–water partition coefficient (Wildman–Crippen LogP) is 4.13. The van der Waals surface area contributed by atoms with Crippen molar-refractivity contribution in [2.45, 2.75) is 160 Å². The second-order valence-corrected chi connectivity index (χ2v) is 20.0. The van der Waals surface area contributed by atoms with E-state index < -0.39 is 30.2 Å². The summed E-state index contributed by atoms with van der Waals surface area (Å²) in [6.45, 7) is 8.84. The van der Waals surface area contributed by atoms with E-state index in [-0.39, 0.29) is 66.2 Å². The fourth-order valence-corrected chi connectivity index (χ4v) is 12.9. The average molecular weight is 788 g/mol. The fourth-order valence-electron chi connectivity index (χ4n) is 12.9. The standard InChI is InChI=1S/C44H77N5O7/c1-25-34-21-31(44(34,3)4)22-35(25)46-43(54)39-38(26(2)51)37(24-50)56-49(39)23-28-15-12-16-33(40(28)55-8)29-18-30(20-32(19-29)48(6)7)41(52)47-36(42(53)45-5)17-27-13-10-9-11-14-27/h25-40,50-51H,9-24H2,1-8H3,(H,45,53)(H,46,54)(H,47,52)/t25-,26-,28?,29?,30?,31?,32?,33?,34-,35-,36?,37-,38+,39-,40?/m0/s1. The minimum Gasteiger partial charge on any atom is -0.394 e. The Morgan fingerprint density at radius 2 is 1.71 bits per heavy atom. The number of aliphatic hydroxyl groups is 2. The van der Waals surface area contributed by atoms with Crippen LogP contribution in [0.25, 0.3) is 0 Å². The summed E-state index contributed by atoms with van der Waals surface area (Å²) in [5, 5.41) is 32.7. The van der Waals surface area contributed by atoms with Crippen LogP contribution in [-0.2, 0) is 24.0 Å². The third-order valence-corrected chi connectivity index (χ3v) is 16.3. The number of carbonyl (C=O) groups is 3. The normalized spacial score (nSPS) is 40.0. The molecular weight excluding hydrogens is 711 g/mol. The number of nitrogens with zero attached hydrogens (tertiary/aromatic N) is 2. The molecule has 0 aromatic heterocycles. The van der Waals surface area contributed by atoms with Gasteiger partial charge in [-0.25, -0.2) is 0 Å². The van der Waals surface area contributed by atoms with Gasteiger partial charge in [0.05, 0.1) is 18.8 Å². The van der Waals surface area contributed by atoms with Crippen LogP contribution in [0.1, 0.15) is 118 Å². The van der Waals surface area contributed by atoms with Gasteiger partial charge >= 0.3 is 0 Å². The molecule has 2 bridgehead atoms. The summed E-state index contributed by atoms with van der Waals surface area (Å²) in [6, 6.07) is -0.941. The lowest BCUT2D eigenvalue weighted by atomic mass is 9.45. The Morgan fingerprint density at radius 1 is 0.982 bits per heavy atom. The van der Waals surface area contributed by atoms with Gasteiger partial charge < -0.3 is 35.8 Å². The summed E-state index contributed by atoms with van der Waals surface area (Å²) in [7, 11) is 7.63. The molecule has 1 aliphatic heterocycles.